The molecule has 0 spiro atoms. The van der Waals surface area contributed by atoms with Crippen molar-refractivity contribution in [1.29, 1.82) is 0 Å². The number of imidazole rings is 1. The van der Waals surface area contributed by atoms with Crippen LogP contribution in [0.3, 0.4) is 0 Å². The van der Waals surface area contributed by atoms with Gasteiger partial charge in [0.2, 0.25) is 0 Å². The van der Waals surface area contributed by atoms with Gasteiger partial charge in [-0.25, -0.2) is 4.98 Å². The second-order valence-electron chi connectivity index (χ2n) is 3.64. The fraction of sp³-hybridized carbons (Fsp3) is 0.231. The Labute approximate surface area is 101 Å². The third-order valence-corrected chi connectivity index (χ3v) is 2.51. The van der Waals surface area contributed by atoms with Gasteiger partial charge in [-0.1, -0.05) is 12.1 Å². The molecule has 4 heteroatoms. The summed E-state index contributed by atoms with van der Waals surface area (Å²) in [5, 5.41) is 0. The molecule has 0 amide bonds. The Kier molecular flexibility index (Phi) is 3.55. The number of aryl methyl sites for hydroxylation is 1. The predicted octanol–water partition coefficient (Wildman–Crippen LogP) is 2.37. The van der Waals surface area contributed by atoms with Crippen molar-refractivity contribution in [3.8, 4) is 5.75 Å². The van der Waals surface area contributed by atoms with Gasteiger partial charge in [-0.2, -0.15) is 0 Å². The molecule has 0 bridgehead atoms. The van der Waals surface area contributed by atoms with Crippen molar-refractivity contribution in [3.63, 3.8) is 0 Å². The highest BCUT2D eigenvalue weighted by molar-refractivity contribution is 5.67. The molecule has 17 heavy (non-hydrogen) atoms. The average Bonchev–Trinajstić information content (AvgIpc) is 2.76. The van der Waals surface area contributed by atoms with E-state index in [4.69, 9.17) is 4.74 Å². The highest BCUT2D eigenvalue weighted by Crippen LogP contribution is 2.25. The Morgan fingerprint density at radius 2 is 2.24 bits per heavy atom. The molecule has 0 aliphatic heterocycles. The standard InChI is InChI=1S/C13H15N3O/c1-16-10-9-15-13(16)7-8-14-11-5-3-4-6-12(11)17-2/h3-6,8-10H,7H2,1-2H3. The summed E-state index contributed by atoms with van der Waals surface area (Å²) < 4.78 is 7.20. The third-order valence-electron chi connectivity index (χ3n) is 2.51. The highest BCUT2D eigenvalue weighted by atomic mass is 16.5. The maximum Gasteiger partial charge on any atom is 0.144 e. The highest BCUT2D eigenvalue weighted by Gasteiger charge is 1.99. The van der Waals surface area contributed by atoms with E-state index in [-0.39, 0.29) is 0 Å². The van der Waals surface area contributed by atoms with Crippen molar-refractivity contribution in [1.82, 2.24) is 9.55 Å². The molecule has 0 radical (unpaired) electrons. The van der Waals surface area contributed by atoms with E-state index in [9.17, 15) is 0 Å². The van der Waals surface area contributed by atoms with Crippen molar-refractivity contribution in [2.24, 2.45) is 12.0 Å². The van der Waals surface area contributed by atoms with Crippen LogP contribution in [0.15, 0.2) is 41.7 Å². The van der Waals surface area contributed by atoms with Crippen molar-refractivity contribution in [2.45, 2.75) is 6.42 Å². The minimum Gasteiger partial charge on any atom is -0.494 e. The first kappa shape index (κ1) is 11.4. The number of rotatable bonds is 4. The second kappa shape index (κ2) is 5.30. The van der Waals surface area contributed by atoms with Crippen molar-refractivity contribution < 1.29 is 4.74 Å². The molecular formula is C13H15N3O. The molecule has 1 aromatic heterocycles. The Balaban J connectivity index is 2.08. The van der Waals surface area contributed by atoms with Crippen LogP contribution in [0.1, 0.15) is 5.82 Å². The van der Waals surface area contributed by atoms with Gasteiger partial charge in [-0.3, -0.25) is 4.99 Å². The van der Waals surface area contributed by atoms with Crippen LogP contribution in [-0.4, -0.2) is 22.9 Å². The van der Waals surface area contributed by atoms with E-state index >= 15 is 0 Å². The van der Waals surface area contributed by atoms with E-state index in [0.717, 1.165) is 17.3 Å². The number of para-hydroxylation sites is 2. The number of benzene rings is 1. The van der Waals surface area contributed by atoms with Crippen LogP contribution < -0.4 is 4.74 Å². The third kappa shape index (κ3) is 2.72. The summed E-state index contributed by atoms with van der Waals surface area (Å²) in [6, 6.07) is 7.69. The minimum absolute atomic E-state index is 0.710. The van der Waals surface area contributed by atoms with Crippen molar-refractivity contribution in [2.75, 3.05) is 7.11 Å². The molecule has 0 fully saturated rings. The number of methoxy groups -OCH3 is 1. The summed E-state index contributed by atoms with van der Waals surface area (Å²) in [6.45, 7) is 0. The summed E-state index contributed by atoms with van der Waals surface area (Å²) >= 11 is 0. The summed E-state index contributed by atoms with van der Waals surface area (Å²) in [5.41, 5.74) is 0.837. The monoisotopic (exact) mass is 229 g/mol. The van der Waals surface area contributed by atoms with Gasteiger partial charge in [0.25, 0.3) is 0 Å². The summed E-state index contributed by atoms with van der Waals surface area (Å²) in [6.07, 6.45) is 6.26. The molecule has 2 rings (SSSR count). The average molecular weight is 229 g/mol. The van der Waals surface area contributed by atoms with Crippen molar-refractivity contribution in [3.05, 3.63) is 42.5 Å². The number of nitrogens with zero attached hydrogens (tertiary/aromatic N) is 3. The maximum atomic E-state index is 5.22. The Morgan fingerprint density at radius 1 is 1.41 bits per heavy atom. The minimum atomic E-state index is 0.710. The van der Waals surface area contributed by atoms with Gasteiger partial charge in [0.05, 0.1) is 7.11 Å². The number of aliphatic imine (C=N–C) groups is 1. The summed E-state index contributed by atoms with van der Waals surface area (Å²) in [5.74, 6) is 1.77. The van der Waals surface area contributed by atoms with Crippen LogP contribution in [0.25, 0.3) is 0 Å². The molecule has 0 unspecified atom stereocenters. The Morgan fingerprint density at radius 3 is 2.94 bits per heavy atom. The van der Waals surface area contributed by atoms with Crippen LogP contribution >= 0.6 is 0 Å². The summed E-state index contributed by atoms with van der Waals surface area (Å²) in [7, 11) is 3.62. The zero-order valence-corrected chi connectivity index (χ0v) is 10.00. The second-order valence-corrected chi connectivity index (χ2v) is 3.64. The lowest BCUT2D eigenvalue weighted by Crippen LogP contribution is -1.97. The van der Waals surface area contributed by atoms with Crippen molar-refractivity contribution >= 4 is 11.9 Å². The topological polar surface area (TPSA) is 39.4 Å². The van der Waals surface area contributed by atoms with Crippen LogP contribution in [0.4, 0.5) is 5.69 Å². The molecule has 88 valence electrons. The quantitative estimate of drug-likeness (QED) is 0.755. The molecule has 1 heterocycles. The maximum absolute atomic E-state index is 5.22. The lowest BCUT2D eigenvalue weighted by atomic mass is 10.3. The lowest BCUT2D eigenvalue weighted by molar-refractivity contribution is 0.416. The van der Waals surface area contributed by atoms with Crippen LogP contribution in [-0.2, 0) is 13.5 Å². The van der Waals surface area contributed by atoms with E-state index < -0.39 is 0 Å². The van der Waals surface area contributed by atoms with Gasteiger partial charge in [0, 0.05) is 32.1 Å². The van der Waals surface area contributed by atoms with Gasteiger partial charge in [0.1, 0.15) is 17.3 Å². The van der Waals surface area contributed by atoms with Gasteiger partial charge < -0.3 is 9.30 Å². The van der Waals surface area contributed by atoms with Gasteiger partial charge in [-0.05, 0) is 12.1 Å². The summed E-state index contributed by atoms with van der Waals surface area (Å²) in [4.78, 5) is 8.62. The zero-order valence-electron chi connectivity index (χ0n) is 10.00. The molecule has 0 N–H and O–H groups in total. The van der Waals surface area contributed by atoms with E-state index in [1.165, 1.54) is 0 Å². The van der Waals surface area contributed by atoms with E-state index in [2.05, 4.69) is 9.98 Å². The van der Waals surface area contributed by atoms with Gasteiger partial charge in [-0.15, -0.1) is 0 Å². The smallest absolute Gasteiger partial charge is 0.144 e. The normalized spacial score (nSPS) is 10.9. The molecule has 0 aliphatic rings. The van der Waals surface area contributed by atoms with Crippen LogP contribution in [0.5, 0.6) is 5.75 Å². The number of aromatic nitrogens is 2. The number of hydrogen-bond acceptors (Lipinski definition) is 3. The van der Waals surface area contributed by atoms with E-state index in [0.29, 0.717) is 6.42 Å². The number of ether oxygens (including phenoxy) is 1. The van der Waals surface area contributed by atoms with E-state index in [1.54, 1.807) is 13.3 Å². The first-order valence-corrected chi connectivity index (χ1v) is 5.43. The van der Waals surface area contributed by atoms with Crippen LogP contribution in [0, 0.1) is 0 Å². The largest absolute Gasteiger partial charge is 0.494 e. The first-order valence-electron chi connectivity index (χ1n) is 5.43. The SMILES string of the molecule is COc1ccccc1N=CCc1nccn1C. The lowest BCUT2D eigenvalue weighted by Gasteiger charge is -2.02. The fourth-order valence-electron chi connectivity index (χ4n) is 1.56. The van der Waals surface area contributed by atoms with Gasteiger partial charge >= 0.3 is 0 Å². The fourth-order valence-corrected chi connectivity index (χ4v) is 1.56. The molecule has 4 nitrogen and oxygen atoms in total. The molecule has 0 atom stereocenters. The van der Waals surface area contributed by atoms with Crippen LogP contribution in [0.2, 0.25) is 0 Å². The molecule has 1 aromatic carbocycles. The Hall–Kier alpha value is -2.10. The number of hydrogen-bond donors (Lipinski definition) is 0. The molecule has 0 saturated heterocycles. The Bertz CT molecular complexity index is 517. The molecule has 0 aliphatic carbocycles. The predicted molar refractivity (Wildman–Crippen MR) is 68.1 cm³/mol. The zero-order chi connectivity index (χ0) is 12.1. The first-order chi connectivity index (χ1) is 8.31. The van der Waals surface area contributed by atoms with Gasteiger partial charge in [0.15, 0.2) is 0 Å². The molecule has 0 saturated carbocycles. The molecule has 2 aromatic rings. The van der Waals surface area contributed by atoms with E-state index in [1.807, 2.05) is 48.3 Å². The molecular weight excluding hydrogens is 214 g/mol.